The zero-order valence-corrected chi connectivity index (χ0v) is 17.2. The Kier molecular flexibility index (Phi) is 6.05. The molecule has 0 spiro atoms. The lowest BCUT2D eigenvalue weighted by Gasteiger charge is -2.35. The van der Waals surface area contributed by atoms with E-state index in [0.717, 1.165) is 41.1 Å². The van der Waals surface area contributed by atoms with E-state index < -0.39 is 0 Å². The maximum atomic E-state index is 12.9. The third-order valence-electron chi connectivity index (χ3n) is 4.84. The van der Waals surface area contributed by atoms with E-state index in [9.17, 15) is 4.79 Å². The average Bonchev–Trinajstić information content (AvgIpc) is 2.80. The second-order valence-corrected chi connectivity index (χ2v) is 7.98. The molecular weight excluding hydrogens is 382 g/mol. The van der Waals surface area contributed by atoms with Gasteiger partial charge >= 0.3 is 0 Å². The second kappa shape index (κ2) is 9.05. The van der Waals surface area contributed by atoms with Crippen molar-refractivity contribution in [3.63, 3.8) is 0 Å². The third-order valence-corrected chi connectivity index (χ3v) is 5.65. The molecule has 3 aromatic rings. The number of aromatic nitrogens is 3. The molecule has 6 nitrogen and oxygen atoms in total. The molecule has 29 heavy (non-hydrogen) atoms. The fraction of sp³-hybridized carbons (Fsp3) is 0.273. The number of anilines is 1. The van der Waals surface area contributed by atoms with Gasteiger partial charge in [0, 0.05) is 49.7 Å². The first-order valence-electron chi connectivity index (χ1n) is 9.76. The van der Waals surface area contributed by atoms with Crippen molar-refractivity contribution in [1.82, 2.24) is 19.9 Å². The Hall–Kier alpha value is -2.93. The van der Waals surface area contributed by atoms with E-state index in [1.807, 2.05) is 47.4 Å². The maximum absolute atomic E-state index is 12.9. The van der Waals surface area contributed by atoms with Crippen LogP contribution in [-0.2, 0) is 0 Å². The maximum Gasteiger partial charge on any atom is 0.254 e. The first-order chi connectivity index (χ1) is 14.2. The van der Waals surface area contributed by atoms with Crippen LogP contribution < -0.4 is 4.90 Å². The molecule has 148 valence electrons. The standard InChI is InChI=1S/C22H23N5OS/c1-2-29-20-16-18(8-10-23-20)22(28)27-14-12-26(13-15-27)19-9-11-24-21(25-19)17-6-4-3-5-7-17/h3-11,16H,2,12-15H2,1H3. The normalized spacial score (nSPS) is 14.1. The van der Waals surface area contributed by atoms with Gasteiger partial charge in [0.1, 0.15) is 5.82 Å². The summed E-state index contributed by atoms with van der Waals surface area (Å²) in [6, 6.07) is 15.6. The van der Waals surface area contributed by atoms with Crippen LogP contribution in [0.25, 0.3) is 11.4 Å². The van der Waals surface area contributed by atoms with Gasteiger partial charge in [0.2, 0.25) is 0 Å². The highest BCUT2D eigenvalue weighted by Crippen LogP contribution is 2.21. The monoisotopic (exact) mass is 405 g/mol. The van der Waals surface area contributed by atoms with E-state index in [4.69, 9.17) is 4.98 Å². The first-order valence-corrected chi connectivity index (χ1v) is 10.7. The molecule has 0 saturated carbocycles. The topological polar surface area (TPSA) is 62.2 Å². The van der Waals surface area contributed by atoms with Crippen molar-refractivity contribution < 1.29 is 4.79 Å². The van der Waals surface area contributed by atoms with Crippen LogP contribution in [0.5, 0.6) is 0 Å². The van der Waals surface area contributed by atoms with E-state index >= 15 is 0 Å². The number of piperazine rings is 1. The van der Waals surface area contributed by atoms with Crippen molar-refractivity contribution in [2.24, 2.45) is 0 Å². The molecule has 3 heterocycles. The van der Waals surface area contributed by atoms with Crippen LogP contribution in [0.15, 0.2) is 66.0 Å². The molecule has 1 amide bonds. The Morgan fingerprint density at radius 2 is 1.76 bits per heavy atom. The SMILES string of the molecule is CCSc1cc(C(=O)N2CCN(c3ccnc(-c4ccccc4)n3)CC2)ccn1. The lowest BCUT2D eigenvalue weighted by molar-refractivity contribution is 0.0746. The number of carbonyl (C=O) groups excluding carboxylic acids is 1. The lowest BCUT2D eigenvalue weighted by Crippen LogP contribution is -2.49. The zero-order chi connectivity index (χ0) is 20.1. The smallest absolute Gasteiger partial charge is 0.254 e. The lowest BCUT2D eigenvalue weighted by atomic mass is 10.2. The van der Waals surface area contributed by atoms with Crippen LogP contribution >= 0.6 is 11.8 Å². The molecule has 0 atom stereocenters. The zero-order valence-electron chi connectivity index (χ0n) is 16.4. The molecule has 1 aliphatic rings. The van der Waals surface area contributed by atoms with Crippen molar-refractivity contribution in [1.29, 1.82) is 0 Å². The average molecular weight is 406 g/mol. The molecular formula is C22H23N5OS. The summed E-state index contributed by atoms with van der Waals surface area (Å²) in [5, 5.41) is 0.895. The van der Waals surface area contributed by atoms with Gasteiger partial charge in [0.15, 0.2) is 5.82 Å². The minimum Gasteiger partial charge on any atom is -0.353 e. The number of thioether (sulfide) groups is 1. The molecule has 0 bridgehead atoms. The number of amides is 1. The largest absolute Gasteiger partial charge is 0.353 e. The third kappa shape index (κ3) is 4.56. The molecule has 0 radical (unpaired) electrons. The number of hydrogen-bond acceptors (Lipinski definition) is 6. The Morgan fingerprint density at radius 1 is 1.00 bits per heavy atom. The first kappa shape index (κ1) is 19.4. The highest BCUT2D eigenvalue weighted by Gasteiger charge is 2.23. The van der Waals surface area contributed by atoms with Gasteiger partial charge in [0.05, 0.1) is 5.03 Å². The Bertz CT molecular complexity index is 974. The molecule has 1 aliphatic heterocycles. The summed E-state index contributed by atoms with van der Waals surface area (Å²) < 4.78 is 0. The van der Waals surface area contributed by atoms with Crippen LogP contribution in [0.1, 0.15) is 17.3 Å². The predicted molar refractivity (Wildman–Crippen MR) is 116 cm³/mol. The van der Waals surface area contributed by atoms with Gasteiger partial charge in [-0.25, -0.2) is 15.0 Å². The minimum absolute atomic E-state index is 0.0673. The summed E-state index contributed by atoms with van der Waals surface area (Å²) in [6.45, 7) is 4.91. The van der Waals surface area contributed by atoms with Crippen LogP contribution in [0.3, 0.4) is 0 Å². The van der Waals surface area contributed by atoms with Crippen molar-refractivity contribution in [3.8, 4) is 11.4 Å². The van der Waals surface area contributed by atoms with Gasteiger partial charge < -0.3 is 9.80 Å². The summed E-state index contributed by atoms with van der Waals surface area (Å²) in [5.41, 5.74) is 1.71. The number of carbonyl (C=O) groups is 1. The Morgan fingerprint density at radius 3 is 2.52 bits per heavy atom. The van der Waals surface area contributed by atoms with Crippen LogP contribution in [0.4, 0.5) is 5.82 Å². The van der Waals surface area contributed by atoms with Gasteiger partial charge in [-0.3, -0.25) is 4.79 Å². The molecule has 0 aliphatic carbocycles. The highest BCUT2D eigenvalue weighted by molar-refractivity contribution is 7.99. The summed E-state index contributed by atoms with van der Waals surface area (Å²) >= 11 is 1.65. The van der Waals surface area contributed by atoms with Crippen molar-refractivity contribution in [3.05, 3.63) is 66.5 Å². The second-order valence-electron chi connectivity index (χ2n) is 6.70. The fourth-order valence-corrected chi connectivity index (χ4v) is 3.98. The molecule has 0 unspecified atom stereocenters. The number of pyridine rings is 1. The molecule has 7 heteroatoms. The van der Waals surface area contributed by atoms with Crippen LogP contribution in [0, 0.1) is 0 Å². The minimum atomic E-state index is 0.0673. The number of benzene rings is 1. The van der Waals surface area contributed by atoms with E-state index in [2.05, 4.69) is 21.8 Å². The fourth-order valence-electron chi connectivity index (χ4n) is 3.34. The summed E-state index contributed by atoms with van der Waals surface area (Å²) in [5.74, 6) is 2.63. The number of hydrogen-bond donors (Lipinski definition) is 0. The Labute approximate surface area is 175 Å². The van der Waals surface area contributed by atoms with Crippen LogP contribution in [-0.4, -0.2) is 57.7 Å². The highest BCUT2D eigenvalue weighted by atomic mass is 32.2. The molecule has 1 saturated heterocycles. The van der Waals surface area contributed by atoms with Crippen LogP contribution in [0.2, 0.25) is 0 Å². The van der Waals surface area contributed by atoms with E-state index in [-0.39, 0.29) is 5.91 Å². The molecule has 4 rings (SSSR count). The summed E-state index contributed by atoms with van der Waals surface area (Å²) in [4.78, 5) is 30.4. The van der Waals surface area contributed by atoms with Gasteiger partial charge in [-0.2, -0.15) is 0 Å². The summed E-state index contributed by atoms with van der Waals surface area (Å²) in [6.07, 6.45) is 3.51. The number of rotatable bonds is 5. The molecule has 2 aromatic heterocycles. The van der Waals surface area contributed by atoms with E-state index in [0.29, 0.717) is 18.7 Å². The van der Waals surface area contributed by atoms with Gasteiger partial charge in [0.25, 0.3) is 5.91 Å². The quantitative estimate of drug-likeness (QED) is 0.604. The van der Waals surface area contributed by atoms with Crippen molar-refractivity contribution >= 4 is 23.5 Å². The number of nitrogens with zero attached hydrogens (tertiary/aromatic N) is 5. The van der Waals surface area contributed by atoms with Crippen molar-refractivity contribution in [2.75, 3.05) is 36.8 Å². The van der Waals surface area contributed by atoms with Gasteiger partial charge in [-0.15, -0.1) is 11.8 Å². The predicted octanol–water partition coefficient (Wildman–Crippen LogP) is 3.61. The van der Waals surface area contributed by atoms with Crippen molar-refractivity contribution in [2.45, 2.75) is 11.9 Å². The van der Waals surface area contributed by atoms with E-state index in [1.54, 1.807) is 30.2 Å². The molecule has 1 aromatic carbocycles. The van der Waals surface area contributed by atoms with E-state index in [1.165, 1.54) is 0 Å². The van der Waals surface area contributed by atoms with Gasteiger partial charge in [-0.1, -0.05) is 37.3 Å². The van der Waals surface area contributed by atoms with Gasteiger partial charge in [-0.05, 0) is 24.0 Å². The molecule has 1 fully saturated rings. The summed E-state index contributed by atoms with van der Waals surface area (Å²) in [7, 11) is 0. The molecule has 0 N–H and O–H groups in total. The Balaban J connectivity index is 1.42.